The quantitative estimate of drug-likeness (QED) is 0.821. The SMILES string of the molecule is CNCCNC(=O)c1ccc(-c2ccsc2)nc1C. The van der Waals surface area contributed by atoms with Gasteiger partial charge >= 0.3 is 0 Å². The van der Waals surface area contributed by atoms with Gasteiger partial charge in [0.15, 0.2) is 0 Å². The second-order valence-electron chi connectivity index (χ2n) is 4.20. The molecule has 0 atom stereocenters. The molecule has 0 aliphatic rings. The number of aromatic nitrogens is 1. The Morgan fingerprint density at radius 3 is 2.79 bits per heavy atom. The van der Waals surface area contributed by atoms with Crippen molar-refractivity contribution < 1.29 is 4.79 Å². The van der Waals surface area contributed by atoms with E-state index in [2.05, 4.69) is 21.0 Å². The number of likely N-dealkylation sites (N-methyl/N-ethyl adjacent to an activating group) is 1. The van der Waals surface area contributed by atoms with E-state index in [0.29, 0.717) is 12.1 Å². The van der Waals surface area contributed by atoms with Crippen LogP contribution >= 0.6 is 11.3 Å². The first-order chi connectivity index (χ1) is 9.22. The molecule has 2 rings (SSSR count). The molecule has 2 aromatic heterocycles. The van der Waals surface area contributed by atoms with E-state index < -0.39 is 0 Å². The summed E-state index contributed by atoms with van der Waals surface area (Å²) in [6, 6.07) is 5.76. The van der Waals surface area contributed by atoms with Crippen LogP contribution in [0.25, 0.3) is 11.3 Å². The van der Waals surface area contributed by atoms with Crippen LogP contribution in [0.4, 0.5) is 0 Å². The van der Waals surface area contributed by atoms with Crippen molar-refractivity contribution in [2.45, 2.75) is 6.92 Å². The summed E-state index contributed by atoms with van der Waals surface area (Å²) in [7, 11) is 1.86. The van der Waals surface area contributed by atoms with Gasteiger partial charge in [-0.15, -0.1) is 0 Å². The van der Waals surface area contributed by atoms with Gasteiger partial charge in [-0.1, -0.05) is 0 Å². The van der Waals surface area contributed by atoms with Crippen molar-refractivity contribution in [3.05, 3.63) is 40.2 Å². The number of amides is 1. The van der Waals surface area contributed by atoms with Gasteiger partial charge in [0, 0.05) is 24.0 Å². The average molecular weight is 275 g/mol. The zero-order valence-electron chi connectivity index (χ0n) is 11.1. The Kier molecular flexibility index (Phi) is 4.65. The maximum Gasteiger partial charge on any atom is 0.253 e. The van der Waals surface area contributed by atoms with Gasteiger partial charge in [0.1, 0.15) is 0 Å². The van der Waals surface area contributed by atoms with Crippen LogP contribution in [-0.2, 0) is 0 Å². The molecule has 0 aliphatic carbocycles. The summed E-state index contributed by atoms with van der Waals surface area (Å²) in [6.45, 7) is 3.23. The fourth-order valence-corrected chi connectivity index (χ4v) is 2.42. The number of nitrogens with zero attached hydrogens (tertiary/aromatic N) is 1. The molecule has 0 aliphatic heterocycles. The number of hydrogen-bond donors (Lipinski definition) is 2. The third-order valence-corrected chi connectivity index (χ3v) is 3.49. The second kappa shape index (κ2) is 6.45. The highest BCUT2D eigenvalue weighted by Crippen LogP contribution is 2.21. The number of nitrogens with one attached hydrogen (secondary N) is 2. The number of carbonyl (C=O) groups is 1. The number of thiophene rings is 1. The zero-order valence-corrected chi connectivity index (χ0v) is 11.9. The van der Waals surface area contributed by atoms with Crippen molar-refractivity contribution in [1.29, 1.82) is 0 Å². The van der Waals surface area contributed by atoms with Crippen LogP contribution in [0.5, 0.6) is 0 Å². The van der Waals surface area contributed by atoms with Crippen molar-refractivity contribution in [1.82, 2.24) is 15.6 Å². The Hall–Kier alpha value is -1.72. The highest BCUT2D eigenvalue weighted by Gasteiger charge is 2.10. The molecule has 100 valence electrons. The summed E-state index contributed by atoms with van der Waals surface area (Å²) in [5.74, 6) is -0.0721. The van der Waals surface area contributed by atoms with E-state index in [1.165, 1.54) is 0 Å². The van der Waals surface area contributed by atoms with Crippen LogP contribution in [-0.4, -0.2) is 31.0 Å². The first-order valence-corrected chi connectivity index (χ1v) is 7.09. The molecular weight excluding hydrogens is 258 g/mol. The van der Waals surface area contributed by atoms with Crippen molar-refractivity contribution in [2.75, 3.05) is 20.1 Å². The van der Waals surface area contributed by atoms with Gasteiger partial charge in [0.25, 0.3) is 5.91 Å². The average Bonchev–Trinajstić information content (AvgIpc) is 2.92. The molecule has 0 bridgehead atoms. The number of aryl methyl sites for hydroxylation is 1. The lowest BCUT2D eigenvalue weighted by Crippen LogP contribution is -2.31. The van der Waals surface area contributed by atoms with Crippen molar-refractivity contribution >= 4 is 17.2 Å². The fourth-order valence-electron chi connectivity index (χ4n) is 1.77. The van der Waals surface area contributed by atoms with E-state index in [0.717, 1.165) is 23.5 Å². The predicted molar refractivity (Wildman–Crippen MR) is 78.5 cm³/mol. The Balaban J connectivity index is 2.13. The molecule has 19 heavy (non-hydrogen) atoms. The molecule has 5 heteroatoms. The van der Waals surface area contributed by atoms with Gasteiger partial charge in [-0.25, -0.2) is 0 Å². The lowest BCUT2D eigenvalue weighted by Gasteiger charge is -2.08. The van der Waals surface area contributed by atoms with Gasteiger partial charge in [-0.3, -0.25) is 9.78 Å². The second-order valence-corrected chi connectivity index (χ2v) is 4.98. The Labute approximate surface area is 116 Å². The minimum Gasteiger partial charge on any atom is -0.351 e. The van der Waals surface area contributed by atoms with E-state index in [-0.39, 0.29) is 5.91 Å². The summed E-state index contributed by atoms with van der Waals surface area (Å²) in [4.78, 5) is 16.5. The predicted octanol–water partition coefficient (Wildman–Crippen LogP) is 2.07. The summed E-state index contributed by atoms with van der Waals surface area (Å²) in [6.07, 6.45) is 0. The first kappa shape index (κ1) is 13.7. The molecule has 0 spiro atoms. The Bertz CT molecular complexity index is 552. The number of pyridine rings is 1. The smallest absolute Gasteiger partial charge is 0.253 e. The third kappa shape index (κ3) is 3.39. The first-order valence-electron chi connectivity index (χ1n) is 6.15. The van der Waals surface area contributed by atoms with E-state index in [9.17, 15) is 4.79 Å². The molecule has 2 heterocycles. The van der Waals surface area contributed by atoms with Crippen LogP contribution in [0.2, 0.25) is 0 Å². The van der Waals surface area contributed by atoms with Crippen LogP contribution in [0.3, 0.4) is 0 Å². The number of carbonyl (C=O) groups excluding carboxylic acids is 1. The lowest BCUT2D eigenvalue weighted by molar-refractivity contribution is 0.0953. The highest BCUT2D eigenvalue weighted by atomic mass is 32.1. The normalized spacial score (nSPS) is 10.4. The van der Waals surface area contributed by atoms with E-state index >= 15 is 0 Å². The van der Waals surface area contributed by atoms with E-state index in [1.807, 2.05) is 37.6 Å². The molecule has 0 aromatic carbocycles. The molecule has 1 amide bonds. The number of hydrogen-bond acceptors (Lipinski definition) is 4. The summed E-state index contributed by atoms with van der Waals surface area (Å²) >= 11 is 1.64. The van der Waals surface area contributed by atoms with E-state index in [4.69, 9.17) is 0 Å². The monoisotopic (exact) mass is 275 g/mol. The minimum atomic E-state index is -0.0721. The molecule has 0 fully saturated rings. The molecule has 2 aromatic rings. The van der Waals surface area contributed by atoms with Crippen LogP contribution in [0.15, 0.2) is 29.0 Å². The van der Waals surface area contributed by atoms with Gasteiger partial charge in [-0.05, 0) is 37.6 Å². The maximum absolute atomic E-state index is 12.0. The summed E-state index contributed by atoms with van der Waals surface area (Å²) in [5, 5.41) is 9.91. The zero-order chi connectivity index (χ0) is 13.7. The van der Waals surface area contributed by atoms with Crippen LogP contribution in [0, 0.1) is 6.92 Å². The van der Waals surface area contributed by atoms with Crippen molar-refractivity contribution in [3.63, 3.8) is 0 Å². The maximum atomic E-state index is 12.0. The van der Waals surface area contributed by atoms with Gasteiger partial charge in [0.05, 0.1) is 17.0 Å². The standard InChI is InChI=1S/C14H17N3OS/c1-10-12(14(18)16-7-6-15-2)3-4-13(17-10)11-5-8-19-9-11/h3-5,8-9,15H,6-7H2,1-2H3,(H,16,18). The third-order valence-electron chi connectivity index (χ3n) is 2.81. The fraction of sp³-hybridized carbons (Fsp3) is 0.286. The van der Waals surface area contributed by atoms with Gasteiger partial charge in [-0.2, -0.15) is 11.3 Å². The van der Waals surface area contributed by atoms with Gasteiger partial charge < -0.3 is 10.6 Å². The molecule has 0 saturated heterocycles. The summed E-state index contributed by atoms with van der Waals surface area (Å²) < 4.78 is 0. The topological polar surface area (TPSA) is 54.0 Å². The minimum absolute atomic E-state index is 0.0721. The molecule has 4 nitrogen and oxygen atoms in total. The van der Waals surface area contributed by atoms with Crippen molar-refractivity contribution in [2.24, 2.45) is 0 Å². The number of rotatable bonds is 5. The molecule has 2 N–H and O–H groups in total. The van der Waals surface area contributed by atoms with Crippen molar-refractivity contribution in [3.8, 4) is 11.3 Å². The molecular formula is C14H17N3OS. The van der Waals surface area contributed by atoms with Gasteiger partial charge in [0.2, 0.25) is 0 Å². The van der Waals surface area contributed by atoms with Crippen LogP contribution in [0.1, 0.15) is 16.1 Å². The molecule has 0 radical (unpaired) electrons. The Morgan fingerprint density at radius 1 is 1.32 bits per heavy atom. The molecule has 0 unspecified atom stereocenters. The molecule has 0 saturated carbocycles. The highest BCUT2D eigenvalue weighted by molar-refractivity contribution is 7.08. The Morgan fingerprint density at radius 2 is 2.16 bits per heavy atom. The summed E-state index contributed by atoms with van der Waals surface area (Å²) in [5.41, 5.74) is 3.39. The lowest BCUT2D eigenvalue weighted by atomic mass is 10.1. The van der Waals surface area contributed by atoms with E-state index in [1.54, 1.807) is 11.3 Å². The van der Waals surface area contributed by atoms with Crippen LogP contribution < -0.4 is 10.6 Å². The largest absolute Gasteiger partial charge is 0.351 e.